The van der Waals surface area contributed by atoms with Crippen LogP contribution in [0.25, 0.3) is 0 Å². The zero-order chi connectivity index (χ0) is 15.1. The highest BCUT2D eigenvalue weighted by atomic mass is 16.5. The van der Waals surface area contributed by atoms with E-state index < -0.39 is 0 Å². The smallest absolute Gasteiger partial charge is 0.161 e. The van der Waals surface area contributed by atoms with E-state index in [1.807, 2.05) is 6.07 Å². The van der Waals surface area contributed by atoms with Gasteiger partial charge < -0.3 is 19.5 Å². The molecule has 0 saturated carbocycles. The van der Waals surface area contributed by atoms with Crippen LogP contribution in [0.5, 0.6) is 11.5 Å². The molecule has 4 heteroatoms. The van der Waals surface area contributed by atoms with Gasteiger partial charge in [0.15, 0.2) is 11.5 Å². The standard InChI is InChI=1S/C17H27NO3/c1-4-9-18-13(2)14-7-8-16(17(11-14)19-3)21-15-6-5-10-20-12-15/h7-8,11,13,15,18H,4-6,9-10,12H2,1-3H3. The largest absolute Gasteiger partial charge is 0.493 e. The molecule has 1 saturated heterocycles. The fraction of sp³-hybridized carbons (Fsp3) is 0.647. The molecule has 0 amide bonds. The van der Waals surface area contributed by atoms with Crippen molar-refractivity contribution in [3.05, 3.63) is 23.8 Å². The highest BCUT2D eigenvalue weighted by Crippen LogP contribution is 2.32. The van der Waals surface area contributed by atoms with Crippen LogP contribution in [-0.4, -0.2) is 33.0 Å². The first-order valence-electron chi connectivity index (χ1n) is 7.90. The molecule has 0 aliphatic carbocycles. The van der Waals surface area contributed by atoms with Crippen LogP contribution in [0.1, 0.15) is 44.7 Å². The van der Waals surface area contributed by atoms with Crippen LogP contribution >= 0.6 is 0 Å². The Kier molecular flexibility index (Phi) is 6.33. The molecule has 1 aromatic carbocycles. The van der Waals surface area contributed by atoms with Gasteiger partial charge in [0.1, 0.15) is 6.10 Å². The third-order valence-electron chi connectivity index (χ3n) is 3.80. The molecule has 1 aromatic rings. The Hall–Kier alpha value is -1.26. The molecular formula is C17H27NO3. The summed E-state index contributed by atoms with van der Waals surface area (Å²) in [5, 5.41) is 3.48. The van der Waals surface area contributed by atoms with Crippen LogP contribution in [-0.2, 0) is 4.74 Å². The summed E-state index contributed by atoms with van der Waals surface area (Å²) in [5.74, 6) is 1.60. The van der Waals surface area contributed by atoms with Gasteiger partial charge in [0.25, 0.3) is 0 Å². The fourth-order valence-corrected chi connectivity index (χ4v) is 2.51. The summed E-state index contributed by atoms with van der Waals surface area (Å²) in [4.78, 5) is 0. The van der Waals surface area contributed by atoms with Crippen molar-refractivity contribution in [2.24, 2.45) is 0 Å². The zero-order valence-electron chi connectivity index (χ0n) is 13.4. The molecule has 0 aromatic heterocycles. The van der Waals surface area contributed by atoms with E-state index >= 15 is 0 Å². The molecule has 21 heavy (non-hydrogen) atoms. The van der Waals surface area contributed by atoms with E-state index in [0.29, 0.717) is 12.6 Å². The predicted molar refractivity (Wildman–Crippen MR) is 84.2 cm³/mol. The summed E-state index contributed by atoms with van der Waals surface area (Å²) in [6.45, 7) is 6.86. The van der Waals surface area contributed by atoms with Crippen molar-refractivity contribution in [3.8, 4) is 11.5 Å². The Labute approximate surface area is 127 Å². The molecule has 1 heterocycles. The average molecular weight is 293 g/mol. The summed E-state index contributed by atoms with van der Waals surface area (Å²) in [6, 6.07) is 6.49. The molecule has 2 unspecified atom stereocenters. The third-order valence-corrected chi connectivity index (χ3v) is 3.80. The van der Waals surface area contributed by atoms with Gasteiger partial charge in [-0.05, 0) is 50.4 Å². The Morgan fingerprint density at radius 1 is 1.38 bits per heavy atom. The van der Waals surface area contributed by atoms with E-state index in [9.17, 15) is 0 Å². The number of ether oxygens (including phenoxy) is 3. The summed E-state index contributed by atoms with van der Waals surface area (Å²) in [5.41, 5.74) is 1.22. The quantitative estimate of drug-likeness (QED) is 0.837. The van der Waals surface area contributed by atoms with Crippen molar-refractivity contribution in [1.29, 1.82) is 0 Å². The molecule has 1 aliphatic rings. The van der Waals surface area contributed by atoms with Gasteiger partial charge in [0.05, 0.1) is 13.7 Å². The minimum atomic E-state index is 0.133. The first-order chi connectivity index (χ1) is 10.2. The van der Waals surface area contributed by atoms with Gasteiger partial charge in [-0.3, -0.25) is 0 Å². The molecule has 0 spiro atoms. The van der Waals surface area contributed by atoms with E-state index in [1.54, 1.807) is 7.11 Å². The molecule has 0 bridgehead atoms. The lowest BCUT2D eigenvalue weighted by atomic mass is 10.1. The van der Waals surface area contributed by atoms with Gasteiger partial charge in [-0.15, -0.1) is 0 Å². The Morgan fingerprint density at radius 3 is 2.90 bits per heavy atom. The summed E-state index contributed by atoms with van der Waals surface area (Å²) in [6.07, 6.45) is 3.36. The highest BCUT2D eigenvalue weighted by Gasteiger charge is 2.18. The van der Waals surface area contributed by atoms with Gasteiger partial charge in [-0.25, -0.2) is 0 Å². The predicted octanol–water partition coefficient (Wildman–Crippen LogP) is 3.31. The van der Waals surface area contributed by atoms with Crippen LogP contribution in [0.2, 0.25) is 0 Å². The van der Waals surface area contributed by atoms with Gasteiger partial charge >= 0.3 is 0 Å². The molecule has 4 nitrogen and oxygen atoms in total. The van der Waals surface area contributed by atoms with Gasteiger partial charge in [-0.1, -0.05) is 13.0 Å². The molecule has 1 aliphatic heterocycles. The van der Waals surface area contributed by atoms with Crippen LogP contribution in [0.4, 0.5) is 0 Å². The molecular weight excluding hydrogens is 266 g/mol. The number of nitrogens with one attached hydrogen (secondary N) is 1. The molecule has 0 radical (unpaired) electrons. The molecule has 1 N–H and O–H groups in total. The minimum Gasteiger partial charge on any atom is -0.493 e. The van der Waals surface area contributed by atoms with Crippen molar-refractivity contribution in [1.82, 2.24) is 5.32 Å². The fourth-order valence-electron chi connectivity index (χ4n) is 2.51. The maximum absolute atomic E-state index is 6.02. The monoisotopic (exact) mass is 293 g/mol. The summed E-state index contributed by atoms with van der Waals surface area (Å²) in [7, 11) is 1.69. The SMILES string of the molecule is CCCNC(C)c1ccc(OC2CCCOC2)c(OC)c1. The van der Waals surface area contributed by atoms with E-state index in [-0.39, 0.29) is 6.10 Å². The topological polar surface area (TPSA) is 39.7 Å². The number of methoxy groups -OCH3 is 1. The van der Waals surface area contributed by atoms with Crippen molar-refractivity contribution < 1.29 is 14.2 Å². The Bertz CT molecular complexity index is 430. The van der Waals surface area contributed by atoms with E-state index in [4.69, 9.17) is 14.2 Å². The summed E-state index contributed by atoms with van der Waals surface area (Å²) >= 11 is 0. The third kappa shape index (κ3) is 4.61. The zero-order valence-corrected chi connectivity index (χ0v) is 13.4. The van der Waals surface area contributed by atoms with Crippen LogP contribution in [0.15, 0.2) is 18.2 Å². The normalized spacial score (nSPS) is 20.0. The minimum absolute atomic E-state index is 0.133. The van der Waals surface area contributed by atoms with Crippen molar-refractivity contribution >= 4 is 0 Å². The number of benzene rings is 1. The Morgan fingerprint density at radius 2 is 2.24 bits per heavy atom. The van der Waals surface area contributed by atoms with Crippen molar-refractivity contribution in [3.63, 3.8) is 0 Å². The lowest BCUT2D eigenvalue weighted by Gasteiger charge is -2.24. The van der Waals surface area contributed by atoms with Gasteiger partial charge in [0, 0.05) is 12.6 Å². The van der Waals surface area contributed by atoms with Gasteiger partial charge in [0.2, 0.25) is 0 Å². The number of hydrogen-bond donors (Lipinski definition) is 1. The lowest BCUT2D eigenvalue weighted by molar-refractivity contribution is 0.00643. The maximum Gasteiger partial charge on any atom is 0.161 e. The first kappa shape index (κ1) is 16.1. The van der Waals surface area contributed by atoms with E-state index in [1.165, 1.54) is 5.56 Å². The van der Waals surface area contributed by atoms with Gasteiger partial charge in [-0.2, -0.15) is 0 Å². The van der Waals surface area contributed by atoms with Crippen LogP contribution in [0, 0.1) is 0 Å². The van der Waals surface area contributed by atoms with Crippen molar-refractivity contribution in [2.75, 3.05) is 26.9 Å². The second kappa shape index (κ2) is 8.25. The summed E-state index contributed by atoms with van der Waals surface area (Å²) < 4.78 is 17.0. The highest BCUT2D eigenvalue weighted by molar-refractivity contribution is 5.44. The first-order valence-corrected chi connectivity index (χ1v) is 7.90. The van der Waals surface area contributed by atoms with Crippen LogP contribution < -0.4 is 14.8 Å². The molecule has 118 valence electrons. The van der Waals surface area contributed by atoms with E-state index in [2.05, 4.69) is 31.3 Å². The van der Waals surface area contributed by atoms with Crippen molar-refractivity contribution in [2.45, 2.75) is 45.3 Å². The maximum atomic E-state index is 6.02. The number of rotatable bonds is 7. The lowest BCUT2D eigenvalue weighted by Crippen LogP contribution is -2.28. The molecule has 2 rings (SSSR count). The Balaban J connectivity index is 2.04. The van der Waals surface area contributed by atoms with E-state index in [0.717, 1.165) is 43.9 Å². The average Bonchev–Trinajstić information content (AvgIpc) is 2.54. The number of hydrogen-bond acceptors (Lipinski definition) is 4. The van der Waals surface area contributed by atoms with Crippen LogP contribution in [0.3, 0.4) is 0 Å². The second-order valence-electron chi connectivity index (χ2n) is 5.54. The second-order valence-corrected chi connectivity index (χ2v) is 5.54. The molecule has 2 atom stereocenters. The molecule has 1 fully saturated rings.